The van der Waals surface area contributed by atoms with Crippen molar-refractivity contribution in [3.63, 3.8) is 0 Å². The maximum Gasteiger partial charge on any atom is 0.141 e. The van der Waals surface area contributed by atoms with Gasteiger partial charge in [-0.05, 0) is 26.0 Å². The van der Waals surface area contributed by atoms with E-state index < -0.39 is 0 Å². The number of nitrogens with zero attached hydrogens (tertiary/aromatic N) is 4. The highest BCUT2D eigenvalue weighted by molar-refractivity contribution is 6.33. The molecule has 0 aliphatic heterocycles. The van der Waals surface area contributed by atoms with Gasteiger partial charge in [0.1, 0.15) is 22.7 Å². The van der Waals surface area contributed by atoms with Crippen molar-refractivity contribution >= 4 is 28.5 Å². The summed E-state index contributed by atoms with van der Waals surface area (Å²) < 4.78 is 3.78. The van der Waals surface area contributed by atoms with E-state index in [1.165, 1.54) is 0 Å². The third kappa shape index (κ3) is 1.78. The van der Waals surface area contributed by atoms with Crippen LogP contribution >= 0.6 is 11.6 Å². The van der Waals surface area contributed by atoms with Crippen LogP contribution in [0, 0.1) is 6.92 Å². The lowest BCUT2D eigenvalue weighted by atomic mass is 10.3. The van der Waals surface area contributed by atoms with Gasteiger partial charge in [0.15, 0.2) is 0 Å². The molecule has 0 fully saturated rings. The van der Waals surface area contributed by atoms with Crippen LogP contribution in [-0.2, 0) is 7.05 Å². The van der Waals surface area contributed by atoms with Crippen LogP contribution in [0.4, 0.5) is 5.82 Å². The predicted molar refractivity (Wildman–Crippen MR) is 80.9 cm³/mol. The van der Waals surface area contributed by atoms with E-state index in [9.17, 15) is 0 Å². The van der Waals surface area contributed by atoms with Crippen molar-refractivity contribution in [2.45, 2.75) is 19.9 Å². The van der Waals surface area contributed by atoms with Crippen LogP contribution in [0.5, 0.6) is 0 Å². The van der Waals surface area contributed by atoms with Crippen LogP contribution in [0.2, 0.25) is 5.02 Å². The lowest BCUT2D eigenvalue weighted by Crippen LogP contribution is -2.15. The van der Waals surface area contributed by atoms with Gasteiger partial charge in [0, 0.05) is 7.05 Å². The zero-order chi connectivity index (χ0) is 14.4. The van der Waals surface area contributed by atoms with E-state index in [2.05, 4.69) is 14.6 Å². The summed E-state index contributed by atoms with van der Waals surface area (Å²) in [6.07, 6.45) is 0. The Morgan fingerprint density at radius 1 is 1.30 bits per heavy atom. The number of anilines is 1. The van der Waals surface area contributed by atoms with Crippen molar-refractivity contribution in [2.75, 3.05) is 5.73 Å². The van der Waals surface area contributed by atoms with Gasteiger partial charge >= 0.3 is 0 Å². The Balaban J connectivity index is 2.15. The molecule has 3 rings (SSSR count). The Morgan fingerprint density at radius 3 is 2.60 bits per heavy atom. The Bertz CT molecular complexity index is 786. The highest BCUT2D eigenvalue weighted by atomic mass is 35.5. The van der Waals surface area contributed by atoms with Crippen molar-refractivity contribution < 1.29 is 0 Å². The second kappa shape index (κ2) is 4.52. The number of aryl methyl sites for hydroxylation is 2. The van der Waals surface area contributed by atoms with E-state index in [0.717, 1.165) is 22.6 Å². The number of imidazole rings is 1. The molecule has 3 aromatic rings. The third-order valence-corrected chi connectivity index (χ3v) is 4.08. The van der Waals surface area contributed by atoms with E-state index >= 15 is 0 Å². The molecule has 6 heteroatoms. The monoisotopic (exact) mass is 289 g/mol. The lowest BCUT2D eigenvalue weighted by molar-refractivity contribution is 0.527. The van der Waals surface area contributed by atoms with E-state index in [-0.39, 0.29) is 6.04 Å². The molecule has 2 N–H and O–H groups in total. The van der Waals surface area contributed by atoms with Crippen LogP contribution in [-0.4, -0.2) is 19.3 Å². The molecule has 2 aromatic heterocycles. The Hall–Kier alpha value is -2.01. The maximum absolute atomic E-state index is 6.11. The number of nitrogens with two attached hydrogens (primary N) is 1. The number of benzene rings is 1. The molecule has 2 heterocycles. The summed E-state index contributed by atoms with van der Waals surface area (Å²) in [4.78, 5) is 4.67. The van der Waals surface area contributed by atoms with E-state index in [1.54, 1.807) is 4.68 Å². The molecule has 20 heavy (non-hydrogen) atoms. The van der Waals surface area contributed by atoms with Gasteiger partial charge in [-0.15, -0.1) is 0 Å². The van der Waals surface area contributed by atoms with E-state index in [0.29, 0.717) is 10.8 Å². The summed E-state index contributed by atoms with van der Waals surface area (Å²) in [6.45, 7) is 3.86. The lowest BCUT2D eigenvalue weighted by Gasteiger charge is -2.13. The highest BCUT2D eigenvalue weighted by Gasteiger charge is 2.21. The molecule has 0 amide bonds. The molecular weight excluding hydrogens is 274 g/mol. The van der Waals surface area contributed by atoms with E-state index in [1.807, 2.05) is 45.2 Å². The van der Waals surface area contributed by atoms with Crippen LogP contribution in [0.1, 0.15) is 24.5 Å². The highest BCUT2D eigenvalue weighted by Crippen LogP contribution is 2.29. The molecule has 5 nitrogen and oxygen atoms in total. The van der Waals surface area contributed by atoms with Crippen molar-refractivity contribution in [1.82, 2.24) is 19.3 Å². The number of para-hydroxylation sites is 2. The molecule has 104 valence electrons. The van der Waals surface area contributed by atoms with Crippen LogP contribution < -0.4 is 5.73 Å². The summed E-state index contributed by atoms with van der Waals surface area (Å²) in [7, 11) is 2.00. The fourth-order valence-corrected chi connectivity index (χ4v) is 2.61. The molecule has 1 unspecified atom stereocenters. The molecule has 1 aromatic carbocycles. The maximum atomic E-state index is 6.11. The predicted octanol–water partition coefficient (Wildman–Crippen LogP) is 2.92. The number of fused-ring (bicyclic) bond motifs is 1. The van der Waals surface area contributed by atoms with Crippen LogP contribution in [0.15, 0.2) is 24.3 Å². The van der Waals surface area contributed by atoms with Gasteiger partial charge < -0.3 is 10.3 Å². The van der Waals surface area contributed by atoms with Crippen molar-refractivity contribution in [3.05, 3.63) is 40.8 Å². The summed E-state index contributed by atoms with van der Waals surface area (Å²) in [5, 5.41) is 4.91. The van der Waals surface area contributed by atoms with Crippen LogP contribution in [0.25, 0.3) is 11.0 Å². The minimum atomic E-state index is -0.0846. The molecule has 0 saturated heterocycles. The van der Waals surface area contributed by atoms with Gasteiger partial charge in [-0.3, -0.25) is 0 Å². The first-order chi connectivity index (χ1) is 9.50. The molecule has 0 radical (unpaired) electrons. The molecule has 0 spiro atoms. The van der Waals surface area contributed by atoms with E-state index in [4.69, 9.17) is 17.3 Å². The fourth-order valence-electron chi connectivity index (χ4n) is 2.49. The zero-order valence-electron chi connectivity index (χ0n) is 11.6. The minimum Gasteiger partial charge on any atom is -0.383 e. The average Bonchev–Trinajstić information content (AvgIpc) is 2.91. The topological polar surface area (TPSA) is 61.7 Å². The summed E-state index contributed by atoms with van der Waals surface area (Å²) >= 11 is 6.11. The number of aromatic nitrogens is 4. The largest absolute Gasteiger partial charge is 0.383 e. The zero-order valence-corrected chi connectivity index (χ0v) is 12.4. The van der Waals surface area contributed by atoms with Gasteiger partial charge in [-0.2, -0.15) is 5.10 Å². The number of rotatable bonds is 2. The van der Waals surface area contributed by atoms with Crippen molar-refractivity contribution in [1.29, 1.82) is 0 Å². The van der Waals surface area contributed by atoms with Gasteiger partial charge in [0.05, 0.1) is 16.7 Å². The molecule has 1 atom stereocenters. The second-order valence-corrected chi connectivity index (χ2v) is 5.30. The minimum absolute atomic E-state index is 0.0846. The van der Waals surface area contributed by atoms with Gasteiger partial charge in [-0.1, -0.05) is 23.7 Å². The Morgan fingerprint density at radius 2 is 2.00 bits per heavy atom. The first kappa shape index (κ1) is 13.0. The number of halogens is 1. The normalized spacial score (nSPS) is 13.0. The molecule has 0 aliphatic carbocycles. The third-order valence-electron chi connectivity index (χ3n) is 3.61. The summed E-state index contributed by atoms with van der Waals surface area (Å²) in [5.41, 5.74) is 8.80. The second-order valence-electron chi connectivity index (χ2n) is 4.92. The average molecular weight is 290 g/mol. The number of hydrogen-bond donors (Lipinski definition) is 1. The molecule has 0 aliphatic rings. The van der Waals surface area contributed by atoms with Crippen LogP contribution in [0.3, 0.4) is 0 Å². The molecular formula is C14H16ClN5. The smallest absolute Gasteiger partial charge is 0.141 e. The SMILES string of the molecule is Cc1nn(C(C)c2nc3ccccc3n2C)c(N)c1Cl. The standard InChI is InChI=1S/C14H16ClN5/c1-8-12(15)13(16)20(18-8)9(2)14-17-10-6-4-5-7-11(10)19(14)3/h4-7,9H,16H2,1-3H3. The van der Waals surface area contributed by atoms with Crippen molar-refractivity contribution in [3.8, 4) is 0 Å². The molecule has 0 saturated carbocycles. The van der Waals surface area contributed by atoms with Gasteiger partial charge in [0.25, 0.3) is 0 Å². The quantitative estimate of drug-likeness (QED) is 0.789. The number of nitrogen functional groups attached to an aromatic ring is 1. The summed E-state index contributed by atoms with van der Waals surface area (Å²) in [5.74, 6) is 1.38. The van der Waals surface area contributed by atoms with Crippen molar-refractivity contribution in [2.24, 2.45) is 7.05 Å². The van der Waals surface area contributed by atoms with Gasteiger partial charge in [-0.25, -0.2) is 9.67 Å². The van der Waals surface area contributed by atoms with Gasteiger partial charge in [0.2, 0.25) is 0 Å². The first-order valence-electron chi connectivity index (χ1n) is 6.42. The Kier molecular flexibility index (Phi) is 2.94. The molecule has 0 bridgehead atoms. The summed E-state index contributed by atoms with van der Waals surface area (Å²) in [6, 6.07) is 7.94. The fraction of sp³-hybridized carbons (Fsp3) is 0.286. The number of hydrogen-bond acceptors (Lipinski definition) is 3. The Labute approximate surface area is 122 Å². The first-order valence-corrected chi connectivity index (χ1v) is 6.80.